The van der Waals surface area contributed by atoms with Gasteiger partial charge in [-0.2, -0.15) is 0 Å². The first-order valence-electron chi connectivity index (χ1n) is 12.8. The molecule has 0 bridgehead atoms. The smallest absolute Gasteiger partial charge is 0.144 e. The summed E-state index contributed by atoms with van der Waals surface area (Å²) in [5.74, 6) is 1.70. The molecule has 0 atom stereocenters. The number of hydrogen-bond donors (Lipinski definition) is 0. The van der Waals surface area contributed by atoms with Gasteiger partial charge in [-0.15, -0.1) is 0 Å². The van der Waals surface area contributed by atoms with E-state index in [-0.39, 0.29) is 0 Å². The fraction of sp³-hybridized carbons (Fsp3) is 0.182. The Labute approximate surface area is 212 Å². The van der Waals surface area contributed by atoms with Crippen LogP contribution in [-0.2, 0) is 0 Å². The van der Waals surface area contributed by atoms with Gasteiger partial charge in [-0.25, -0.2) is 4.98 Å². The molecular formula is C33H31N3. The van der Waals surface area contributed by atoms with Crippen molar-refractivity contribution >= 4 is 21.8 Å². The molecule has 6 aromatic rings. The molecular weight excluding hydrogens is 438 g/mol. The molecule has 0 aliphatic carbocycles. The van der Waals surface area contributed by atoms with Gasteiger partial charge in [0.25, 0.3) is 0 Å². The quantitative estimate of drug-likeness (QED) is 0.247. The van der Waals surface area contributed by atoms with Crippen molar-refractivity contribution in [2.24, 2.45) is 0 Å². The Kier molecular flexibility index (Phi) is 5.49. The fourth-order valence-electron chi connectivity index (χ4n) is 5.48. The van der Waals surface area contributed by atoms with Crippen LogP contribution in [0.2, 0.25) is 0 Å². The summed E-state index contributed by atoms with van der Waals surface area (Å²) < 4.78 is 4.75. The average molecular weight is 470 g/mol. The van der Waals surface area contributed by atoms with E-state index in [1.807, 2.05) is 6.20 Å². The van der Waals surface area contributed by atoms with E-state index in [0.29, 0.717) is 11.8 Å². The summed E-state index contributed by atoms with van der Waals surface area (Å²) in [7, 11) is 0. The van der Waals surface area contributed by atoms with E-state index in [2.05, 4.69) is 134 Å². The van der Waals surface area contributed by atoms with E-state index < -0.39 is 0 Å². The predicted molar refractivity (Wildman–Crippen MR) is 152 cm³/mol. The van der Waals surface area contributed by atoms with Crippen molar-refractivity contribution in [3.05, 3.63) is 115 Å². The highest BCUT2D eigenvalue weighted by Gasteiger charge is 2.25. The van der Waals surface area contributed by atoms with Crippen LogP contribution in [0.1, 0.15) is 50.7 Å². The molecule has 3 nitrogen and oxygen atoms in total. The zero-order chi connectivity index (χ0) is 24.8. The number of hydrogen-bond acceptors (Lipinski definition) is 1. The van der Waals surface area contributed by atoms with Crippen LogP contribution in [0, 0.1) is 0 Å². The Morgan fingerprint density at radius 2 is 1.33 bits per heavy atom. The number of imidazole rings is 1. The van der Waals surface area contributed by atoms with Gasteiger partial charge in [-0.1, -0.05) is 100 Å². The molecule has 2 heterocycles. The zero-order valence-electron chi connectivity index (χ0n) is 21.3. The zero-order valence-corrected chi connectivity index (χ0v) is 21.3. The summed E-state index contributed by atoms with van der Waals surface area (Å²) in [5, 5.41) is 2.62. The molecule has 0 aliphatic rings. The van der Waals surface area contributed by atoms with Crippen LogP contribution in [0.25, 0.3) is 44.6 Å². The second kappa shape index (κ2) is 8.83. The van der Waals surface area contributed by atoms with Crippen molar-refractivity contribution < 1.29 is 0 Å². The number of fused-ring (bicyclic) bond motifs is 3. The number of rotatable bonds is 5. The summed E-state index contributed by atoms with van der Waals surface area (Å²) in [6.45, 7) is 9.20. The molecule has 3 heteroatoms. The van der Waals surface area contributed by atoms with Gasteiger partial charge in [-0.05, 0) is 41.2 Å². The molecule has 0 saturated carbocycles. The maximum absolute atomic E-state index is 4.84. The number of benzene rings is 4. The molecule has 2 aromatic heterocycles. The highest BCUT2D eigenvalue weighted by molar-refractivity contribution is 6.14. The SMILES string of the molecule is CC(C)c1cc(C(C)C)c2c3ccccc3n(-c3ccccc3)c2c1-n1ccnc1-c1ccccc1. The van der Waals surface area contributed by atoms with Crippen LogP contribution in [0.3, 0.4) is 0 Å². The third kappa shape index (κ3) is 3.46. The number of para-hydroxylation sites is 2. The first-order chi connectivity index (χ1) is 17.6. The lowest BCUT2D eigenvalue weighted by Crippen LogP contribution is -2.08. The second-order valence-electron chi connectivity index (χ2n) is 10.1. The minimum absolute atomic E-state index is 0.343. The van der Waals surface area contributed by atoms with E-state index in [0.717, 1.165) is 11.4 Å². The van der Waals surface area contributed by atoms with E-state index in [9.17, 15) is 0 Å². The van der Waals surface area contributed by atoms with Gasteiger partial charge in [0.15, 0.2) is 0 Å². The average Bonchev–Trinajstić information content (AvgIpc) is 3.52. The van der Waals surface area contributed by atoms with Crippen LogP contribution in [0.4, 0.5) is 0 Å². The largest absolute Gasteiger partial charge is 0.307 e. The van der Waals surface area contributed by atoms with Crippen molar-refractivity contribution in [1.29, 1.82) is 0 Å². The Balaban J connectivity index is 1.86. The van der Waals surface area contributed by atoms with Gasteiger partial charge in [0.05, 0.1) is 16.7 Å². The van der Waals surface area contributed by atoms with E-state index in [4.69, 9.17) is 4.98 Å². The minimum Gasteiger partial charge on any atom is -0.307 e. The monoisotopic (exact) mass is 469 g/mol. The molecule has 0 amide bonds. The van der Waals surface area contributed by atoms with Crippen molar-refractivity contribution in [2.45, 2.75) is 39.5 Å². The molecule has 0 radical (unpaired) electrons. The molecule has 0 unspecified atom stereocenters. The van der Waals surface area contributed by atoms with Crippen LogP contribution >= 0.6 is 0 Å². The third-order valence-corrected chi connectivity index (χ3v) is 7.14. The van der Waals surface area contributed by atoms with E-state index in [1.165, 1.54) is 44.3 Å². The molecule has 36 heavy (non-hydrogen) atoms. The summed E-state index contributed by atoms with van der Waals surface area (Å²) in [4.78, 5) is 4.84. The van der Waals surface area contributed by atoms with Crippen molar-refractivity contribution in [3.63, 3.8) is 0 Å². The van der Waals surface area contributed by atoms with Crippen molar-refractivity contribution in [1.82, 2.24) is 14.1 Å². The maximum Gasteiger partial charge on any atom is 0.144 e. The van der Waals surface area contributed by atoms with Gasteiger partial charge in [0.2, 0.25) is 0 Å². The molecule has 178 valence electrons. The summed E-state index contributed by atoms with van der Waals surface area (Å²) >= 11 is 0. The van der Waals surface area contributed by atoms with E-state index >= 15 is 0 Å². The number of nitrogens with zero attached hydrogens (tertiary/aromatic N) is 3. The lowest BCUT2D eigenvalue weighted by atomic mass is 9.89. The maximum atomic E-state index is 4.84. The first kappa shape index (κ1) is 22.4. The Morgan fingerprint density at radius 1 is 0.694 bits per heavy atom. The second-order valence-corrected chi connectivity index (χ2v) is 10.1. The Hall–Kier alpha value is -4.11. The molecule has 0 N–H and O–H groups in total. The molecule has 4 aromatic carbocycles. The van der Waals surface area contributed by atoms with Gasteiger partial charge in [0.1, 0.15) is 5.82 Å². The summed E-state index contributed by atoms with van der Waals surface area (Å²) in [6.07, 6.45) is 4.04. The predicted octanol–water partition coefficient (Wildman–Crippen LogP) is 8.88. The Bertz CT molecular complexity index is 1670. The van der Waals surface area contributed by atoms with Gasteiger partial charge >= 0.3 is 0 Å². The summed E-state index contributed by atoms with van der Waals surface area (Å²) in [6, 6.07) is 32.5. The van der Waals surface area contributed by atoms with Crippen LogP contribution < -0.4 is 0 Å². The normalized spacial score (nSPS) is 11.8. The van der Waals surface area contributed by atoms with E-state index in [1.54, 1.807) is 0 Å². The van der Waals surface area contributed by atoms with Gasteiger partial charge < -0.3 is 4.57 Å². The highest BCUT2D eigenvalue weighted by atomic mass is 15.1. The molecule has 0 fully saturated rings. The number of aromatic nitrogens is 3. The third-order valence-electron chi connectivity index (χ3n) is 7.14. The van der Waals surface area contributed by atoms with Crippen LogP contribution in [-0.4, -0.2) is 14.1 Å². The first-order valence-corrected chi connectivity index (χ1v) is 12.8. The molecule has 6 rings (SSSR count). The van der Waals surface area contributed by atoms with Crippen molar-refractivity contribution in [3.8, 4) is 22.8 Å². The fourth-order valence-corrected chi connectivity index (χ4v) is 5.48. The van der Waals surface area contributed by atoms with Crippen LogP contribution in [0.5, 0.6) is 0 Å². The lowest BCUT2D eigenvalue weighted by Gasteiger charge is -2.22. The lowest BCUT2D eigenvalue weighted by molar-refractivity contribution is 0.828. The van der Waals surface area contributed by atoms with Gasteiger partial charge in [-0.3, -0.25) is 4.57 Å². The highest BCUT2D eigenvalue weighted by Crippen LogP contribution is 2.44. The van der Waals surface area contributed by atoms with Crippen LogP contribution in [0.15, 0.2) is 103 Å². The van der Waals surface area contributed by atoms with Gasteiger partial charge in [0, 0.05) is 34.4 Å². The minimum atomic E-state index is 0.343. The molecule has 0 aliphatic heterocycles. The topological polar surface area (TPSA) is 22.8 Å². The molecule has 0 saturated heterocycles. The summed E-state index contributed by atoms with van der Waals surface area (Å²) in [5.41, 5.74) is 8.69. The molecule has 0 spiro atoms. The van der Waals surface area contributed by atoms with Crippen molar-refractivity contribution in [2.75, 3.05) is 0 Å². The standard InChI is InChI=1S/C33H31N3/c1-22(2)27-21-28(23(3)4)31(35-20-19-34-33(35)24-13-7-5-8-14-24)32-30(27)26-17-11-12-18-29(26)36(32)25-15-9-6-10-16-25/h5-23H,1-4H3. The Morgan fingerprint density at radius 3 is 2.03 bits per heavy atom.